The molecule has 0 unspecified atom stereocenters. The van der Waals surface area contributed by atoms with Gasteiger partial charge in [-0.2, -0.15) is 0 Å². The molecule has 0 atom stereocenters. The number of benzene rings is 2. The van der Waals surface area contributed by atoms with E-state index >= 15 is 0 Å². The molecule has 0 saturated heterocycles. The van der Waals surface area contributed by atoms with Crippen molar-refractivity contribution in [1.82, 2.24) is 4.57 Å². The fraction of sp³-hybridized carbons (Fsp3) is 0.467. The molecule has 1 heterocycles. The molecule has 1 aromatic heterocycles. The summed E-state index contributed by atoms with van der Waals surface area (Å²) in [6.07, 6.45) is 6.60. The Kier molecular flexibility index (Phi) is 6.19. The number of fused-ring (bicyclic) bond motifs is 1. The molecule has 2 aromatic carbocycles. The number of rotatable bonds is 6. The van der Waals surface area contributed by atoms with Crippen LogP contribution in [-0.4, -0.2) is 23.4 Å². The van der Waals surface area contributed by atoms with Crippen molar-refractivity contribution in [2.75, 3.05) is 7.11 Å². The largest absolute Gasteiger partial charge is 0.469 e. The summed E-state index contributed by atoms with van der Waals surface area (Å²) in [5.74, 6) is 0.604. The Balaban J connectivity index is 1.31. The number of hydrogen-bond donors (Lipinski definition) is 0. The number of hydrogen-bond acceptors (Lipinski definition) is 3. The lowest BCUT2D eigenvalue weighted by atomic mass is 9.47. The van der Waals surface area contributed by atoms with E-state index in [0.29, 0.717) is 12.3 Å². The predicted molar refractivity (Wildman–Crippen MR) is 143 cm³/mol. The van der Waals surface area contributed by atoms with Gasteiger partial charge in [0.15, 0.2) is 5.78 Å². The van der Waals surface area contributed by atoms with Crippen molar-refractivity contribution >= 4 is 38.6 Å². The zero-order valence-corrected chi connectivity index (χ0v) is 22.7. The molecule has 2 aliphatic carbocycles. The standard InChI is InChI=1S/C30H34BrNO3/c1-29(2,3)22-7-5-19(6-8-22)18-32-12-11-23-25(31)10-9-24(27(23)32)26(33)13-20-14-30(15-20)16-21(17-30)28(34)35-4/h5-12,20-21H,13-18H2,1-4H3. The Hall–Kier alpha value is -2.40. The second-order valence-electron chi connectivity index (χ2n) is 11.8. The van der Waals surface area contributed by atoms with Crippen molar-refractivity contribution in [3.8, 4) is 0 Å². The van der Waals surface area contributed by atoms with Crippen molar-refractivity contribution in [1.29, 1.82) is 0 Å². The van der Waals surface area contributed by atoms with Gasteiger partial charge in [0.1, 0.15) is 0 Å². The molecular formula is C30H34BrNO3. The summed E-state index contributed by atoms with van der Waals surface area (Å²) in [5.41, 5.74) is 4.76. The van der Waals surface area contributed by atoms with Crippen LogP contribution in [0.3, 0.4) is 0 Å². The fourth-order valence-corrected chi connectivity index (χ4v) is 6.74. The molecule has 0 amide bonds. The van der Waals surface area contributed by atoms with E-state index < -0.39 is 0 Å². The van der Waals surface area contributed by atoms with E-state index in [1.54, 1.807) is 0 Å². The van der Waals surface area contributed by atoms with Crippen LogP contribution in [-0.2, 0) is 21.5 Å². The van der Waals surface area contributed by atoms with Gasteiger partial charge in [0.2, 0.25) is 0 Å². The molecule has 3 aromatic rings. The lowest BCUT2D eigenvalue weighted by Gasteiger charge is -2.57. The van der Waals surface area contributed by atoms with Crippen molar-refractivity contribution in [2.24, 2.45) is 17.3 Å². The Morgan fingerprint density at radius 1 is 1.03 bits per heavy atom. The van der Waals surface area contributed by atoms with E-state index in [0.717, 1.165) is 53.2 Å². The predicted octanol–water partition coefficient (Wildman–Crippen LogP) is 7.30. The second-order valence-corrected chi connectivity index (χ2v) is 12.6. The Labute approximate surface area is 216 Å². The van der Waals surface area contributed by atoms with Gasteiger partial charge < -0.3 is 9.30 Å². The number of carbonyl (C=O) groups is 2. The van der Waals surface area contributed by atoms with E-state index in [4.69, 9.17) is 4.74 Å². The first-order valence-corrected chi connectivity index (χ1v) is 13.4. The number of ether oxygens (including phenoxy) is 1. The van der Waals surface area contributed by atoms with Crippen molar-refractivity contribution < 1.29 is 14.3 Å². The molecule has 184 valence electrons. The van der Waals surface area contributed by atoms with Crippen LogP contribution in [0.2, 0.25) is 0 Å². The smallest absolute Gasteiger partial charge is 0.308 e. The summed E-state index contributed by atoms with van der Waals surface area (Å²) >= 11 is 3.68. The van der Waals surface area contributed by atoms with Crippen LogP contribution in [0.4, 0.5) is 0 Å². The van der Waals surface area contributed by atoms with Crippen LogP contribution in [0.5, 0.6) is 0 Å². The molecule has 0 N–H and O–H groups in total. The number of carbonyl (C=O) groups excluding carboxylic acids is 2. The number of nitrogens with zero attached hydrogens (tertiary/aromatic N) is 1. The molecule has 0 bridgehead atoms. The lowest BCUT2D eigenvalue weighted by molar-refractivity contribution is -0.161. The summed E-state index contributed by atoms with van der Waals surface area (Å²) in [5, 5.41) is 1.08. The second kappa shape index (κ2) is 8.92. The first kappa shape index (κ1) is 24.3. The van der Waals surface area contributed by atoms with Crippen molar-refractivity contribution in [2.45, 2.75) is 64.8 Å². The Bertz CT molecular complexity index is 1270. The molecule has 4 nitrogen and oxygen atoms in total. The molecule has 1 spiro atoms. The average molecular weight is 537 g/mol. The summed E-state index contributed by atoms with van der Waals surface area (Å²) in [6.45, 7) is 7.40. The van der Waals surface area contributed by atoms with Crippen LogP contribution in [0.25, 0.3) is 10.9 Å². The van der Waals surface area contributed by atoms with Gasteiger partial charge in [-0.25, -0.2) is 0 Å². The number of Topliss-reactive ketones (excluding diaryl/α,β-unsaturated/α-hetero) is 1. The Morgan fingerprint density at radius 3 is 2.34 bits per heavy atom. The van der Waals surface area contributed by atoms with Gasteiger partial charge in [0, 0.05) is 34.6 Å². The summed E-state index contributed by atoms with van der Waals surface area (Å²) < 4.78 is 8.10. The lowest BCUT2D eigenvalue weighted by Crippen LogP contribution is -2.50. The van der Waals surface area contributed by atoms with Crippen LogP contribution in [0.1, 0.15) is 74.4 Å². The molecule has 2 fully saturated rings. The van der Waals surface area contributed by atoms with E-state index in [1.807, 2.05) is 12.1 Å². The highest BCUT2D eigenvalue weighted by molar-refractivity contribution is 9.10. The molecule has 5 heteroatoms. The minimum atomic E-state index is -0.0822. The highest BCUT2D eigenvalue weighted by Crippen LogP contribution is 2.62. The normalized spacial score (nSPS) is 23.7. The van der Waals surface area contributed by atoms with Gasteiger partial charge in [0.25, 0.3) is 0 Å². The van der Waals surface area contributed by atoms with Crippen LogP contribution in [0, 0.1) is 17.3 Å². The number of ketones is 1. The fourth-order valence-electron chi connectivity index (χ4n) is 6.29. The van der Waals surface area contributed by atoms with Crippen LogP contribution < -0.4 is 0 Å². The number of aromatic nitrogens is 1. The van der Waals surface area contributed by atoms with E-state index in [9.17, 15) is 9.59 Å². The molecular weight excluding hydrogens is 502 g/mol. The topological polar surface area (TPSA) is 48.3 Å². The van der Waals surface area contributed by atoms with E-state index in [2.05, 4.69) is 77.8 Å². The first-order chi connectivity index (χ1) is 16.6. The first-order valence-electron chi connectivity index (χ1n) is 12.6. The van der Waals surface area contributed by atoms with Crippen molar-refractivity contribution in [3.05, 3.63) is 69.8 Å². The van der Waals surface area contributed by atoms with Gasteiger partial charge in [-0.1, -0.05) is 61.0 Å². The SMILES string of the molecule is COC(=O)C1CC2(CC(CC(=O)c3ccc(Br)c4ccn(Cc5ccc(C(C)(C)C)cc5)c34)C2)C1. The van der Waals surface area contributed by atoms with Gasteiger partial charge >= 0.3 is 5.97 Å². The van der Waals surface area contributed by atoms with Gasteiger partial charge in [0.05, 0.1) is 18.5 Å². The van der Waals surface area contributed by atoms with Gasteiger partial charge in [-0.15, -0.1) is 0 Å². The van der Waals surface area contributed by atoms with E-state index in [1.165, 1.54) is 18.2 Å². The van der Waals surface area contributed by atoms with Crippen LogP contribution >= 0.6 is 15.9 Å². The van der Waals surface area contributed by atoms with E-state index in [-0.39, 0.29) is 28.5 Å². The maximum Gasteiger partial charge on any atom is 0.308 e. The zero-order valence-electron chi connectivity index (χ0n) is 21.1. The maximum atomic E-state index is 13.5. The third-order valence-electron chi connectivity index (χ3n) is 8.16. The van der Waals surface area contributed by atoms with Crippen LogP contribution in [0.15, 0.2) is 53.1 Å². The third-order valence-corrected chi connectivity index (χ3v) is 8.85. The summed E-state index contributed by atoms with van der Waals surface area (Å²) in [6, 6.07) is 14.9. The minimum Gasteiger partial charge on any atom is -0.469 e. The molecule has 0 aliphatic heterocycles. The average Bonchev–Trinajstić information content (AvgIpc) is 3.18. The van der Waals surface area contributed by atoms with Gasteiger partial charge in [-0.05, 0) is 71.8 Å². The quantitative estimate of drug-likeness (QED) is 0.245. The molecule has 0 radical (unpaired) electrons. The third kappa shape index (κ3) is 4.60. The van der Waals surface area contributed by atoms with Gasteiger partial charge in [-0.3, -0.25) is 9.59 Å². The number of esters is 1. The molecule has 2 saturated carbocycles. The van der Waals surface area contributed by atoms with Crippen molar-refractivity contribution in [3.63, 3.8) is 0 Å². The highest BCUT2D eigenvalue weighted by Gasteiger charge is 2.55. The molecule has 5 rings (SSSR count). The summed E-state index contributed by atoms with van der Waals surface area (Å²) in [4.78, 5) is 25.2. The maximum absolute atomic E-state index is 13.5. The molecule has 35 heavy (non-hydrogen) atoms. The number of methoxy groups -OCH3 is 1. The zero-order chi connectivity index (χ0) is 25.0. The monoisotopic (exact) mass is 535 g/mol. The summed E-state index contributed by atoms with van der Waals surface area (Å²) in [7, 11) is 1.46. The number of halogens is 1. The minimum absolute atomic E-state index is 0.0588. The Morgan fingerprint density at radius 2 is 1.71 bits per heavy atom. The highest BCUT2D eigenvalue weighted by atomic mass is 79.9. The molecule has 2 aliphatic rings.